The molecule has 0 spiro atoms. The van der Waals surface area contributed by atoms with Gasteiger partial charge in [-0.05, 0) is 57.6 Å². The number of carbonyl (C=O) groups is 4. The van der Waals surface area contributed by atoms with Gasteiger partial charge in [0.25, 0.3) is 0 Å². The third kappa shape index (κ3) is 10.8. The van der Waals surface area contributed by atoms with Crippen LogP contribution in [0, 0.1) is 5.92 Å². The molecule has 1 rings (SSSR count). The fourth-order valence-electron chi connectivity index (χ4n) is 3.76. The molecule has 0 aliphatic carbocycles. The minimum Gasteiger partial charge on any atom is -0.466 e. The van der Waals surface area contributed by atoms with Gasteiger partial charge in [-0.3, -0.25) is 14.4 Å². The van der Waals surface area contributed by atoms with Crippen molar-refractivity contribution in [1.29, 1.82) is 0 Å². The average molecular weight is 520 g/mol. The molecule has 0 saturated heterocycles. The van der Waals surface area contributed by atoms with E-state index in [4.69, 9.17) is 9.47 Å². The third-order valence-corrected chi connectivity index (χ3v) is 5.55. The monoisotopic (exact) mass is 519 g/mol. The molecule has 9 nitrogen and oxygen atoms in total. The molecule has 3 amide bonds. The van der Waals surface area contributed by atoms with Gasteiger partial charge in [0.2, 0.25) is 11.8 Å². The van der Waals surface area contributed by atoms with Crippen molar-refractivity contribution in [3.05, 3.63) is 35.4 Å². The molecule has 0 aliphatic heterocycles. The molecule has 0 aliphatic rings. The van der Waals surface area contributed by atoms with E-state index in [1.165, 1.54) is 4.90 Å². The van der Waals surface area contributed by atoms with Crippen LogP contribution in [0.1, 0.15) is 85.4 Å². The molecule has 0 aromatic heterocycles. The molecule has 2 atom stereocenters. The Kier molecular flexibility index (Phi) is 13.1. The Morgan fingerprint density at radius 1 is 1.00 bits per heavy atom. The Morgan fingerprint density at radius 2 is 1.62 bits per heavy atom. The van der Waals surface area contributed by atoms with Crippen LogP contribution in [0.25, 0.3) is 0 Å². The Morgan fingerprint density at radius 3 is 2.11 bits per heavy atom. The summed E-state index contributed by atoms with van der Waals surface area (Å²) in [5.74, 6) is -1.45. The summed E-state index contributed by atoms with van der Waals surface area (Å²) in [4.78, 5) is 53.2. The van der Waals surface area contributed by atoms with Gasteiger partial charge in [-0.15, -0.1) is 0 Å². The summed E-state index contributed by atoms with van der Waals surface area (Å²) in [7, 11) is 0. The second-order valence-corrected chi connectivity index (χ2v) is 10.2. The SMILES string of the molecule is CCCN(C(=O)C(NC(=O)OC(C)(C)C)C(C)C)C(C(=O)NCCC(=O)OCC)c1ccc(CC)cc1. The first-order valence-electron chi connectivity index (χ1n) is 13.2. The number of aryl methyl sites for hydroxylation is 1. The smallest absolute Gasteiger partial charge is 0.408 e. The van der Waals surface area contributed by atoms with Gasteiger partial charge in [0.05, 0.1) is 13.0 Å². The fourth-order valence-corrected chi connectivity index (χ4v) is 3.76. The van der Waals surface area contributed by atoms with Gasteiger partial charge in [0, 0.05) is 13.1 Å². The lowest BCUT2D eigenvalue weighted by Crippen LogP contribution is -2.55. The Bertz CT molecular complexity index is 892. The van der Waals surface area contributed by atoms with Crippen LogP contribution in [0.3, 0.4) is 0 Å². The fraction of sp³-hybridized carbons (Fsp3) is 0.643. The average Bonchev–Trinajstić information content (AvgIpc) is 2.81. The van der Waals surface area contributed by atoms with Crippen molar-refractivity contribution in [1.82, 2.24) is 15.5 Å². The van der Waals surface area contributed by atoms with Crippen molar-refractivity contribution in [3.63, 3.8) is 0 Å². The highest BCUT2D eigenvalue weighted by atomic mass is 16.6. The predicted octanol–water partition coefficient (Wildman–Crippen LogP) is 4.15. The molecule has 2 unspecified atom stereocenters. The van der Waals surface area contributed by atoms with E-state index in [1.807, 2.05) is 52.0 Å². The molecule has 1 aromatic rings. The molecule has 1 aromatic carbocycles. The topological polar surface area (TPSA) is 114 Å². The Balaban J connectivity index is 3.33. The van der Waals surface area contributed by atoms with Gasteiger partial charge in [-0.2, -0.15) is 0 Å². The van der Waals surface area contributed by atoms with Gasteiger partial charge in [0.1, 0.15) is 17.7 Å². The second kappa shape index (κ2) is 15.2. The number of esters is 1. The lowest BCUT2D eigenvalue weighted by atomic mass is 9.97. The molecule has 208 valence electrons. The van der Waals surface area contributed by atoms with Crippen LogP contribution in [-0.4, -0.2) is 60.1 Å². The zero-order valence-electron chi connectivity index (χ0n) is 23.7. The van der Waals surface area contributed by atoms with E-state index >= 15 is 0 Å². The number of hydrogen-bond donors (Lipinski definition) is 2. The maximum atomic E-state index is 13.9. The highest BCUT2D eigenvalue weighted by Gasteiger charge is 2.37. The van der Waals surface area contributed by atoms with Crippen LogP contribution < -0.4 is 10.6 Å². The number of nitrogens with zero attached hydrogens (tertiary/aromatic N) is 1. The van der Waals surface area contributed by atoms with E-state index in [0.717, 1.165) is 12.0 Å². The van der Waals surface area contributed by atoms with Crippen LogP contribution in [0.15, 0.2) is 24.3 Å². The summed E-state index contributed by atoms with van der Waals surface area (Å²) in [6.45, 7) is 15.2. The summed E-state index contributed by atoms with van der Waals surface area (Å²) >= 11 is 0. The maximum Gasteiger partial charge on any atom is 0.408 e. The number of amides is 3. The molecular formula is C28H45N3O6. The van der Waals surface area contributed by atoms with Crippen LogP contribution in [0.5, 0.6) is 0 Å². The number of benzene rings is 1. The number of alkyl carbamates (subject to hydrolysis) is 1. The molecule has 9 heteroatoms. The molecule has 0 radical (unpaired) electrons. The van der Waals surface area contributed by atoms with Crippen molar-refractivity contribution < 1.29 is 28.7 Å². The van der Waals surface area contributed by atoms with E-state index in [2.05, 4.69) is 10.6 Å². The number of ether oxygens (including phenoxy) is 2. The van der Waals surface area contributed by atoms with Crippen molar-refractivity contribution >= 4 is 23.9 Å². The van der Waals surface area contributed by atoms with Gasteiger partial charge >= 0.3 is 12.1 Å². The Hall–Kier alpha value is -3.10. The lowest BCUT2D eigenvalue weighted by Gasteiger charge is -2.35. The number of nitrogens with one attached hydrogen (secondary N) is 2. The summed E-state index contributed by atoms with van der Waals surface area (Å²) in [5.41, 5.74) is 1.03. The molecule has 0 saturated carbocycles. The largest absolute Gasteiger partial charge is 0.466 e. The van der Waals surface area contributed by atoms with Gasteiger partial charge in [0.15, 0.2) is 0 Å². The molecule has 37 heavy (non-hydrogen) atoms. The van der Waals surface area contributed by atoms with E-state index in [0.29, 0.717) is 18.5 Å². The highest BCUT2D eigenvalue weighted by Crippen LogP contribution is 2.25. The lowest BCUT2D eigenvalue weighted by molar-refractivity contribution is -0.144. The first-order chi connectivity index (χ1) is 17.3. The zero-order chi connectivity index (χ0) is 28.2. The van der Waals surface area contributed by atoms with E-state index in [-0.39, 0.29) is 31.4 Å². The first kappa shape index (κ1) is 31.9. The van der Waals surface area contributed by atoms with Gasteiger partial charge in [-0.25, -0.2) is 4.79 Å². The molecule has 0 heterocycles. The number of rotatable bonds is 13. The number of hydrogen-bond acceptors (Lipinski definition) is 6. The predicted molar refractivity (Wildman–Crippen MR) is 143 cm³/mol. The molecular weight excluding hydrogens is 474 g/mol. The maximum absolute atomic E-state index is 13.9. The van der Waals surface area contributed by atoms with Crippen molar-refractivity contribution in [3.8, 4) is 0 Å². The van der Waals surface area contributed by atoms with E-state index < -0.39 is 35.7 Å². The normalized spacial score (nSPS) is 12.9. The summed E-state index contributed by atoms with van der Waals surface area (Å²) in [6.07, 6.45) is 0.766. The van der Waals surface area contributed by atoms with Crippen molar-refractivity contribution in [2.75, 3.05) is 19.7 Å². The molecule has 0 fully saturated rings. The minimum atomic E-state index is -0.942. The van der Waals surface area contributed by atoms with Crippen LogP contribution in [0.2, 0.25) is 0 Å². The molecule has 0 bridgehead atoms. The summed E-state index contributed by atoms with van der Waals surface area (Å²) < 4.78 is 10.3. The standard InChI is InChI=1S/C28H45N3O6/c1-9-18-31(26(34)23(19(4)5)30-27(35)37-28(6,7)8)24(21-14-12-20(10-2)13-15-21)25(33)29-17-16-22(32)36-11-3/h12-15,19,23-24H,9-11,16-18H2,1-8H3,(H,29,33)(H,30,35). The summed E-state index contributed by atoms with van der Waals surface area (Å²) in [6, 6.07) is 5.71. The summed E-state index contributed by atoms with van der Waals surface area (Å²) in [5, 5.41) is 5.49. The van der Waals surface area contributed by atoms with Crippen LogP contribution in [0.4, 0.5) is 4.79 Å². The quantitative estimate of drug-likeness (QED) is 0.379. The highest BCUT2D eigenvalue weighted by molar-refractivity contribution is 5.92. The number of carbonyl (C=O) groups excluding carboxylic acids is 4. The van der Waals surface area contributed by atoms with Crippen LogP contribution in [-0.2, 0) is 30.3 Å². The zero-order valence-corrected chi connectivity index (χ0v) is 23.7. The Labute approximate surface area is 221 Å². The first-order valence-corrected chi connectivity index (χ1v) is 13.2. The van der Waals surface area contributed by atoms with Crippen molar-refractivity contribution in [2.45, 2.75) is 92.3 Å². The minimum absolute atomic E-state index is 0.0254. The third-order valence-electron chi connectivity index (χ3n) is 5.55. The van der Waals surface area contributed by atoms with Crippen LogP contribution >= 0.6 is 0 Å². The van der Waals surface area contributed by atoms with Crippen molar-refractivity contribution in [2.24, 2.45) is 5.92 Å². The second-order valence-electron chi connectivity index (χ2n) is 10.2. The van der Waals surface area contributed by atoms with Gasteiger partial charge < -0.3 is 25.0 Å². The van der Waals surface area contributed by atoms with E-state index in [9.17, 15) is 19.2 Å². The van der Waals surface area contributed by atoms with E-state index in [1.54, 1.807) is 27.7 Å². The molecule has 2 N–H and O–H groups in total. The van der Waals surface area contributed by atoms with Gasteiger partial charge in [-0.1, -0.05) is 52.0 Å².